The lowest BCUT2D eigenvalue weighted by atomic mass is 9.93. The molecule has 2 atom stereocenters. The fraction of sp³-hybridized carbons (Fsp3) is 0.312. The Balaban J connectivity index is 1.51. The number of fused-ring (bicyclic) bond motifs is 2. The number of nitrogens with one attached hydrogen (secondary N) is 3. The van der Waals surface area contributed by atoms with E-state index in [-0.39, 0.29) is 34.4 Å². The van der Waals surface area contributed by atoms with Crippen molar-refractivity contribution in [2.45, 2.75) is 37.4 Å². The number of aromatic nitrogens is 2. The molecule has 4 heterocycles. The Kier molecular flexibility index (Phi) is 9.85. The van der Waals surface area contributed by atoms with E-state index in [1.165, 1.54) is 36.7 Å². The molecule has 6 N–H and O–H groups in total. The Morgan fingerprint density at radius 1 is 1.10 bits per heavy atom. The SMILES string of the molecule is CC(C)(C)C(=O)OCOC(=O)C1=C(COC(N)=O)C(NC(=O)CNC(=O)c2c[nH]c3cccnc3c2=O)(c2ccc(O)cc2)S[C@@H]2CC(=O)N12. The van der Waals surface area contributed by atoms with Gasteiger partial charge in [0.15, 0.2) is 0 Å². The highest BCUT2D eigenvalue weighted by atomic mass is 32.2. The Morgan fingerprint density at radius 2 is 1.82 bits per heavy atom. The first-order valence-electron chi connectivity index (χ1n) is 15.0. The monoisotopic (exact) mass is 708 g/mol. The third-order valence-corrected chi connectivity index (χ3v) is 9.19. The Labute approximate surface area is 287 Å². The summed E-state index contributed by atoms with van der Waals surface area (Å²) >= 11 is 1.000. The molecule has 50 heavy (non-hydrogen) atoms. The molecule has 1 saturated heterocycles. The minimum Gasteiger partial charge on any atom is -0.508 e. The smallest absolute Gasteiger partial charge is 0.404 e. The van der Waals surface area contributed by atoms with Crippen molar-refractivity contribution in [1.29, 1.82) is 0 Å². The first-order valence-corrected chi connectivity index (χ1v) is 15.9. The normalized spacial score (nSPS) is 18.4. The maximum absolute atomic E-state index is 13.7. The molecule has 18 heteroatoms. The summed E-state index contributed by atoms with van der Waals surface area (Å²) in [7, 11) is 0. The second-order valence-electron chi connectivity index (χ2n) is 12.1. The molecule has 1 aromatic carbocycles. The molecule has 0 saturated carbocycles. The summed E-state index contributed by atoms with van der Waals surface area (Å²) in [6, 6.07) is 8.68. The number of nitrogens with two attached hydrogens (primary N) is 1. The van der Waals surface area contributed by atoms with Gasteiger partial charge in [-0.25, -0.2) is 9.59 Å². The summed E-state index contributed by atoms with van der Waals surface area (Å²) < 4.78 is 15.4. The van der Waals surface area contributed by atoms with E-state index >= 15 is 0 Å². The molecular weight excluding hydrogens is 676 g/mol. The number of esters is 2. The average Bonchev–Trinajstić information content (AvgIpc) is 3.06. The minimum absolute atomic E-state index is 0.0194. The third-order valence-electron chi connectivity index (χ3n) is 7.60. The number of ether oxygens (including phenoxy) is 3. The van der Waals surface area contributed by atoms with Gasteiger partial charge in [0.1, 0.15) is 34.0 Å². The molecule has 17 nitrogen and oxygen atoms in total. The van der Waals surface area contributed by atoms with Gasteiger partial charge >= 0.3 is 18.0 Å². The van der Waals surface area contributed by atoms with Gasteiger partial charge in [0, 0.05) is 18.0 Å². The van der Waals surface area contributed by atoms with Crippen LogP contribution in [0.1, 0.15) is 43.1 Å². The summed E-state index contributed by atoms with van der Waals surface area (Å²) in [6.07, 6.45) is 1.26. The molecule has 0 radical (unpaired) electrons. The number of phenols is 1. The van der Waals surface area contributed by atoms with E-state index in [1.807, 2.05) is 0 Å². The largest absolute Gasteiger partial charge is 0.508 e. The van der Waals surface area contributed by atoms with Crippen molar-refractivity contribution in [1.82, 2.24) is 25.5 Å². The van der Waals surface area contributed by atoms with Crippen LogP contribution < -0.4 is 21.8 Å². The van der Waals surface area contributed by atoms with Crippen LogP contribution in [-0.2, 0) is 38.3 Å². The molecule has 5 rings (SSSR count). The summed E-state index contributed by atoms with van der Waals surface area (Å²) in [5, 5.41) is 14.5. The number of pyridine rings is 2. The number of thioether (sulfide) groups is 1. The van der Waals surface area contributed by atoms with Crippen molar-refractivity contribution >= 4 is 58.5 Å². The van der Waals surface area contributed by atoms with Crippen molar-refractivity contribution in [3.63, 3.8) is 0 Å². The number of rotatable bonds is 10. The number of carbonyl (C=O) groups is 6. The number of hydrogen-bond donors (Lipinski definition) is 5. The van der Waals surface area contributed by atoms with Crippen LogP contribution in [0.15, 0.2) is 64.9 Å². The lowest BCUT2D eigenvalue weighted by Gasteiger charge is -2.52. The number of hydrogen-bond acceptors (Lipinski definition) is 13. The van der Waals surface area contributed by atoms with Crippen molar-refractivity contribution in [3.05, 3.63) is 81.4 Å². The lowest BCUT2D eigenvalue weighted by molar-refractivity contribution is -0.173. The number of aromatic amines is 1. The van der Waals surface area contributed by atoms with Crippen LogP contribution in [0.2, 0.25) is 0 Å². The number of β-lactam (4-membered cyclic amide) rings is 1. The maximum atomic E-state index is 13.7. The van der Waals surface area contributed by atoms with Crippen molar-refractivity contribution in [2.75, 3.05) is 19.9 Å². The number of primary amides is 1. The number of phenolic OH excluding ortho intramolecular Hbond substituents is 1. The van der Waals surface area contributed by atoms with E-state index in [0.717, 1.165) is 16.7 Å². The van der Waals surface area contributed by atoms with E-state index in [2.05, 4.69) is 20.6 Å². The fourth-order valence-corrected chi connectivity index (χ4v) is 6.83. The fourth-order valence-electron chi connectivity index (χ4n) is 5.12. The zero-order valence-corrected chi connectivity index (χ0v) is 27.8. The zero-order chi connectivity index (χ0) is 36.4. The van der Waals surface area contributed by atoms with Crippen molar-refractivity contribution < 1.29 is 48.1 Å². The summed E-state index contributed by atoms with van der Waals surface area (Å²) in [4.78, 5) is 96.4. The van der Waals surface area contributed by atoms with Crippen LogP contribution >= 0.6 is 11.8 Å². The molecule has 1 fully saturated rings. The van der Waals surface area contributed by atoms with Crippen molar-refractivity contribution in [3.8, 4) is 5.75 Å². The highest BCUT2D eigenvalue weighted by Crippen LogP contribution is 2.54. The second kappa shape index (κ2) is 13.9. The Morgan fingerprint density at radius 3 is 2.48 bits per heavy atom. The molecule has 0 aliphatic carbocycles. The number of nitrogens with zero attached hydrogens (tertiary/aromatic N) is 2. The molecule has 1 unspecified atom stereocenters. The van der Waals surface area contributed by atoms with E-state index in [1.54, 1.807) is 32.9 Å². The third kappa shape index (κ3) is 7.09. The number of benzene rings is 1. The predicted molar refractivity (Wildman–Crippen MR) is 175 cm³/mol. The summed E-state index contributed by atoms with van der Waals surface area (Å²) in [5.41, 5.74) is 3.48. The molecule has 4 amide bonds. The molecule has 0 spiro atoms. The molecule has 2 aliphatic heterocycles. The molecule has 262 valence electrons. The maximum Gasteiger partial charge on any atom is 0.404 e. The summed E-state index contributed by atoms with van der Waals surface area (Å²) in [5.74, 6) is -4.19. The van der Waals surface area contributed by atoms with Crippen LogP contribution in [0, 0.1) is 5.41 Å². The van der Waals surface area contributed by atoms with Gasteiger partial charge in [-0.2, -0.15) is 0 Å². The lowest BCUT2D eigenvalue weighted by Crippen LogP contribution is -2.62. The molecule has 3 aromatic rings. The van der Waals surface area contributed by atoms with Gasteiger partial charge in [0.25, 0.3) is 5.91 Å². The van der Waals surface area contributed by atoms with E-state index in [9.17, 15) is 38.7 Å². The average molecular weight is 709 g/mol. The number of H-pyrrole nitrogens is 1. The highest BCUT2D eigenvalue weighted by molar-refractivity contribution is 8.01. The van der Waals surface area contributed by atoms with Crippen LogP contribution in [0.5, 0.6) is 5.75 Å². The van der Waals surface area contributed by atoms with E-state index < -0.39 is 82.5 Å². The first kappa shape index (κ1) is 35.4. The topological polar surface area (TPSA) is 249 Å². The van der Waals surface area contributed by atoms with Gasteiger partial charge in [0.2, 0.25) is 24.0 Å². The predicted octanol–water partition coefficient (Wildman–Crippen LogP) is 1.07. The standard InChI is InChI=1S/C32H32N6O11S/c1-31(2,3)29(45)49-15-48-28(44)25-19(14-47-30(33)46)32(16-6-8-17(39)9-7-16,50-23-11-22(41)38(23)25)37-21(40)13-36-27(43)18-12-35-20-5-4-10-34-24(20)26(18)42/h4-10,12,23,39H,11,13-15H2,1-3H3,(H2,33,46)(H,35,42)(H,36,43)(H,37,40)/t23-,32?/m1/s1. The van der Waals surface area contributed by atoms with E-state index in [4.69, 9.17) is 19.9 Å². The quantitative estimate of drug-likeness (QED) is 0.112. The molecule has 2 aromatic heterocycles. The second-order valence-corrected chi connectivity index (χ2v) is 13.5. The minimum atomic E-state index is -1.80. The number of aromatic hydroxyl groups is 1. The van der Waals surface area contributed by atoms with Gasteiger partial charge in [-0.15, -0.1) is 0 Å². The van der Waals surface area contributed by atoms with Gasteiger partial charge < -0.3 is 40.7 Å². The molecule has 0 bridgehead atoms. The number of amides is 4. The first-order chi connectivity index (χ1) is 23.6. The van der Waals surface area contributed by atoms with Crippen molar-refractivity contribution in [2.24, 2.45) is 11.1 Å². The van der Waals surface area contributed by atoms with Crippen LogP contribution in [0.3, 0.4) is 0 Å². The van der Waals surface area contributed by atoms with Gasteiger partial charge in [-0.1, -0.05) is 23.9 Å². The number of carbonyl (C=O) groups excluding carboxylic acids is 6. The summed E-state index contributed by atoms with van der Waals surface area (Å²) in [6.45, 7) is 2.53. The van der Waals surface area contributed by atoms with E-state index in [0.29, 0.717) is 5.52 Å². The van der Waals surface area contributed by atoms with Gasteiger partial charge in [-0.3, -0.25) is 33.9 Å². The van der Waals surface area contributed by atoms with Gasteiger partial charge in [0.05, 0.1) is 29.3 Å². The zero-order valence-electron chi connectivity index (χ0n) is 26.9. The molecule has 2 aliphatic rings. The van der Waals surface area contributed by atoms with Crippen LogP contribution in [-0.4, -0.2) is 81.0 Å². The molecular formula is C32H32N6O11S. The van der Waals surface area contributed by atoms with Crippen LogP contribution in [0.25, 0.3) is 11.0 Å². The highest BCUT2D eigenvalue weighted by Gasteiger charge is 2.56. The Bertz CT molecular complexity index is 1990. The van der Waals surface area contributed by atoms with Crippen LogP contribution in [0.4, 0.5) is 4.79 Å². The van der Waals surface area contributed by atoms with Gasteiger partial charge in [-0.05, 0) is 50.6 Å². The Hall–Kier alpha value is -5.91.